The number of rotatable bonds is 5. The second-order valence-corrected chi connectivity index (χ2v) is 6.72. The average molecular weight is 349 g/mol. The normalized spacial score (nSPS) is 11.6. The number of benzene rings is 2. The zero-order valence-electron chi connectivity index (χ0n) is 12.6. The number of nitrogens with one attached hydrogen (secondary N) is 2. The molecule has 0 radical (unpaired) electrons. The van der Waals surface area contributed by atoms with Crippen LogP contribution in [0.5, 0.6) is 0 Å². The van der Waals surface area contributed by atoms with Gasteiger partial charge in [-0.2, -0.15) is 0 Å². The molecule has 2 aromatic rings. The maximum absolute atomic E-state index is 12.0. The van der Waals surface area contributed by atoms with E-state index in [4.69, 9.17) is 11.6 Å². The number of hydrogen-bond donors (Lipinski definition) is 2. The van der Waals surface area contributed by atoms with E-state index in [1.807, 2.05) is 42.5 Å². The Hall–Kier alpha value is -1.98. The second-order valence-electron chi connectivity index (χ2n) is 4.87. The number of urea groups is 1. The smallest absolute Gasteiger partial charge is 0.321 e. The highest BCUT2D eigenvalue weighted by atomic mass is 35.5. The third kappa shape index (κ3) is 5.96. The molecule has 0 aliphatic carbocycles. The molecule has 0 aliphatic rings. The van der Waals surface area contributed by atoms with E-state index in [2.05, 4.69) is 10.6 Å². The minimum Gasteiger partial charge on any atom is -0.334 e. The van der Waals surface area contributed by atoms with Crippen LogP contribution in [0, 0.1) is 0 Å². The largest absolute Gasteiger partial charge is 0.334 e. The van der Waals surface area contributed by atoms with Gasteiger partial charge in [0.2, 0.25) is 5.91 Å². The topological polar surface area (TPSA) is 58.2 Å². The van der Waals surface area contributed by atoms with Crippen molar-refractivity contribution in [3.63, 3.8) is 0 Å². The maximum atomic E-state index is 12.0. The Morgan fingerprint density at radius 3 is 2.39 bits per heavy atom. The summed E-state index contributed by atoms with van der Waals surface area (Å²) in [7, 11) is 0. The predicted octanol–water partition coefficient (Wildman–Crippen LogP) is 3.85. The van der Waals surface area contributed by atoms with Crippen LogP contribution in [0.1, 0.15) is 12.5 Å². The third-order valence-electron chi connectivity index (χ3n) is 3.03. The van der Waals surface area contributed by atoms with E-state index >= 15 is 0 Å². The lowest BCUT2D eigenvalue weighted by Gasteiger charge is -2.12. The van der Waals surface area contributed by atoms with Crippen molar-refractivity contribution in [1.82, 2.24) is 10.6 Å². The van der Waals surface area contributed by atoms with E-state index in [0.717, 1.165) is 10.5 Å². The minimum atomic E-state index is -0.498. The first kappa shape index (κ1) is 17.4. The Labute approximate surface area is 144 Å². The fourth-order valence-corrected chi connectivity index (χ4v) is 2.80. The molecule has 2 aromatic carbocycles. The van der Waals surface area contributed by atoms with E-state index in [0.29, 0.717) is 11.6 Å². The van der Waals surface area contributed by atoms with Crippen molar-refractivity contribution >= 4 is 35.3 Å². The average Bonchev–Trinajstić information content (AvgIpc) is 2.56. The van der Waals surface area contributed by atoms with Crippen LogP contribution in [-0.4, -0.2) is 17.2 Å². The van der Waals surface area contributed by atoms with Crippen molar-refractivity contribution in [1.29, 1.82) is 0 Å². The number of carbonyl (C=O) groups excluding carboxylic acids is 2. The van der Waals surface area contributed by atoms with Gasteiger partial charge >= 0.3 is 6.03 Å². The molecule has 0 bridgehead atoms. The lowest BCUT2D eigenvalue weighted by atomic mass is 10.2. The van der Waals surface area contributed by atoms with Gasteiger partial charge < -0.3 is 5.32 Å². The molecule has 2 N–H and O–H groups in total. The van der Waals surface area contributed by atoms with Crippen LogP contribution in [0.2, 0.25) is 5.02 Å². The molecule has 0 spiro atoms. The zero-order valence-corrected chi connectivity index (χ0v) is 14.2. The molecule has 1 atom stereocenters. The highest BCUT2D eigenvalue weighted by Gasteiger charge is 2.16. The van der Waals surface area contributed by atoms with Crippen LogP contribution in [0.15, 0.2) is 59.5 Å². The van der Waals surface area contributed by atoms with Gasteiger partial charge in [-0.3, -0.25) is 10.1 Å². The fraction of sp³-hybridized carbons (Fsp3) is 0.176. The maximum Gasteiger partial charge on any atom is 0.321 e. The zero-order chi connectivity index (χ0) is 16.7. The van der Waals surface area contributed by atoms with Gasteiger partial charge in [0.1, 0.15) is 0 Å². The van der Waals surface area contributed by atoms with E-state index in [1.54, 1.807) is 19.1 Å². The van der Waals surface area contributed by atoms with Gasteiger partial charge in [-0.1, -0.05) is 41.9 Å². The number of amides is 3. The van der Waals surface area contributed by atoms with Crippen molar-refractivity contribution in [3.8, 4) is 0 Å². The molecule has 0 aromatic heterocycles. The van der Waals surface area contributed by atoms with Gasteiger partial charge in [0.05, 0.1) is 5.25 Å². The summed E-state index contributed by atoms with van der Waals surface area (Å²) in [5.74, 6) is -0.337. The molecule has 120 valence electrons. The lowest BCUT2D eigenvalue weighted by Crippen LogP contribution is -2.42. The van der Waals surface area contributed by atoms with Gasteiger partial charge in [0, 0.05) is 16.5 Å². The summed E-state index contributed by atoms with van der Waals surface area (Å²) in [5.41, 5.74) is 0.971. The Balaban J connectivity index is 1.78. The summed E-state index contributed by atoms with van der Waals surface area (Å²) in [5, 5.41) is 5.26. The molecular weight excluding hydrogens is 332 g/mol. The SMILES string of the molecule is C[C@H](Sc1ccc(Cl)cc1)C(=O)NC(=O)NCc1ccccc1. The van der Waals surface area contributed by atoms with E-state index < -0.39 is 11.3 Å². The Kier molecular flexibility index (Phi) is 6.50. The van der Waals surface area contributed by atoms with Crippen LogP contribution in [-0.2, 0) is 11.3 Å². The van der Waals surface area contributed by atoms with Gasteiger partial charge in [-0.15, -0.1) is 11.8 Å². The molecule has 0 fully saturated rings. The van der Waals surface area contributed by atoms with Gasteiger partial charge in [-0.05, 0) is 36.8 Å². The highest BCUT2D eigenvalue weighted by molar-refractivity contribution is 8.00. The van der Waals surface area contributed by atoms with Crippen molar-refractivity contribution in [3.05, 3.63) is 65.2 Å². The van der Waals surface area contributed by atoms with E-state index in [9.17, 15) is 9.59 Å². The number of imide groups is 1. The van der Waals surface area contributed by atoms with Crippen molar-refractivity contribution in [2.75, 3.05) is 0 Å². The van der Waals surface area contributed by atoms with Crippen LogP contribution in [0.3, 0.4) is 0 Å². The molecule has 0 unspecified atom stereocenters. The molecule has 23 heavy (non-hydrogen) atoms. The fourth-order valence-electron chi connectivity index (χ4n) is 1.81. The summed E-state index contributed by atoms with van der Waals surface area (Å²) >= 11 is 7.19. The molecule has 0 aliphatic heterocycles. The summed E-state index contributed by atoms with van der Waals surface area (Å²) in [6, 6.07) is 16.2. The summed E-state index contributed by atoms with van der Waals surface area (Å²) in [6.07, 6.45) is 0. The predicted molar refractivity (Wildman–Crippen MR) is 93.6 cm³/mol. The Morgan fingerprint density at radius 2 is 1.74 bits per heavy atom. The molecule has 0 saturated carbocycles. The second kappa shape index (κ2) is 8.60. The van der Waals surface area contributed by atoms with Crippen LogP contribution < -0.4 is 10.6 Å². The number of carbonyl (C=O) groups is 2. The molecule has 0 heterocycles. The first-order chi connectivity index (χ1) is 11.0. The first-order valence-corrected chi connectivity index (χ1v) is 8.35. The first-order valence-electron chi connectivity index (χ1n) is 7.09. The van der Waals surface area contributed by atoms with Crippen LogP contribution in [0.4, 0.5) is 4.79 Å². The van der Waals surface area contributed by atoms with Crippen molar-refractivity contribution in [2.45, 2.75) is 23.6 Å². The van der Waals surface area contributed by atoms with E-state index in [1.165, 1.54) is 11.8 Å². The highest BCUT2D eigenvalue weighted by Crippen LogP contribution is 2.24. The number of thioether (sulfide) groups is 1. The summed E-state index contributed by atoms with van der Waals surface area (Å²) < 4.78 is 0. The van der Waals surface area contributed by atoms with Crippen LogP contribution >= 0.6 is 23.4 Å². The quantitative estimate of drug-likeness (QED) is 0.807. The molecular formula is C17H17ClN2O2S. The lowest BCUT2D eigenvalue weighted by molar-refractivity contribution is -0.119. The molecule has 3 amide bonds. The van der Waals surface area contributed by atoms with Crippen molar-refractivity contribution in [2.24, 2.45) is 0 Å². The standard InChI is InChI=1S/C17H17ClN2O2S/c1-12(23-15-9-7-14(18)8-10-15)16(21)20-17(22)19-11-13-5-3-2-4-6-13/h2-10,12H,11H2,1H3,(H2,19,20,21,22)/t12-/m0/s1. The summed E-state index contributed by atoms with van der Waals surface area (Å²) in [6.45, 7) is 2.12. The monoisotopic (exact) mass is 348 g/mol. The van der Waals surface area contributed by atoms with Crippen molar-refractivity contribution < 1.29 is 9.59 Å². The molecule has 4 nitrogen and oxygen atoms in total. The van der Waals surface area contributed by atoms with Crippen LogP contribution in [0.25, 0.3) is 0 Å². The third-order valence-corrected chi connectivity index (χ3v) is 4.39. The van der Waals surface area contributed by atoms with E-state index in [-0.39, 0.29) is 5.91 Å². The number of halogens is 1. The van der Waals surface area contributed by atoms with Gasteiger partial charge in [0.25, 0.3) is 0 Å². The minimum absolute atomic E-state index is 0.337. The Morgan fingerprint density at radius 1 is 1.09 bits per heavy atom. The molecule has 6 heteroatoms. The number of hydrogen-bond acceptors (Lipinski definition) is 3. The van der Waals surface area contributed by atoms with Gasteiger partial charge in [-0.25, -0.2) is 4.79 Å². The molecule has 0 saturated heterocycles. The van der Waals surface area contributed by atoms with Gasteiger partial charge in [0.15, 0.2) is 0 Å². The Bertz CT molecular complexity index is 662. The summed E-state index contributed by atoms with van der Waals surface area (Å²) in [4.78, 5) is 24.7. The molecule has 2 rings (SSSR count).